The van der Waals surface area contributed by atoms with Gasteiger partial charge in [0.1, 0.15) is 0 Å². The Morgan fingerprint density at radius 2 is 2.12 bits per heavy atom. The van der Waals surface area contributed by atoms with E-state index in [4.69, 9.17) is 5.73 Å². The van der Waals surface area contributed by atoms with Crippen LogP contribution in [-0.4, -0.2) is 14.6 Å². The van der Waals surface area contributed by atoms with Gasteiger partial charge in [-0.05, 0) is 42.5 Å². The van der Waals surface area contributed by atoms with Crippen molar-refractivity contribution in [2.24, 2.45) is 0 Å². The summed E-state index contributed by atoms with van der Waals surface area (Å²) in [4.78, 5) is 0.985. The van der Waals surface area contributed by atoms with Crippen LogP contribution < -0.4 is 5.73 Å². The van der Waals surface area contributed by atoms with Crippen LogP contribution in [0.4, 0.5) is 5.69 Å². The molecule has 3 rings (SSSR count). The van der Waals surface area contributed by atoms with Gasteiger partial charge in [0.15, 0.2) is 11.5 Å². The van der Waals surface area contributed by atoms with Gasteiger partial charge in [-0.3, -0.25) is 4.40 Å². The molecule has 5 heteroatoms. The largest absolute Gasteiger partial charge is 0.397 e. The van der Waals surface area contributed by atoms with E-state index >= 15 is 0 Å². The third kappa shape index (κ3) is 1.51. The Bertz CT molecular complexity index is 696. The SMILES string of the molecule is Cc1ccn2c(-c3scc(C)c3N)nnc2c1. The van der Waals surface area contributed by atoms with Gasteiger partial charge in [0.25, 0.3) is 0 Å². The number of nitrogens with zero attached hydrogens (tertiary/aromatic N) is 3. The highest BCUT2D eigenvalue weighted by molar-refractivity contribution is 7.14. The number of anilines is 1. The number of hydrogen-bond donors (Lipinski definition) is 1. The molecule has 0 saturated carbocycles. The van der Waals surface area contributed by atoms with Crippen molar-refractivity contribution in [3.8, 4) is 10.7 Å². The minimum absolute atomic E-state index is 0.796. The zero-order chi connectivity index (χ0) is 12.0. The van der Waals surface area contributed by atoms with Crippen molar-refractivity contribution in [1.82, 2.24) is 14.6 Å². The molecule has 3 aromatic rings. The molecule has 0 unspecified atom stereocenters. The summed E-state index contributed by atoms with van der Waals surface area (Å²) in [6, 6.07) is 4.05. The first-order valence-electron chi connectivity index (χ1n) is 5.32. The van der Waals surface area contributed by atoms with E-state index in [1.807, 2.05) is 42.0 Å². The zero-order valence-electron chi connectivity index (χ0n) is 9.64. The van der Waals surface area contributed by atoms with Crippen LogP contribution in [0.3, 0.4) is 0 Å². The number of nitrogens with two attached hydrogens (primary N) is 1. The quantitative estimate of drug-likeness (QED) is 0.716. The second-order valence-corrected chi connectivity index (χ2v) is 5.00. The highest BCUT2D eigenvalue weighted by atomic mass is 32.1. The van der Waals surface area contributed by atoms with Gasteiger partial charge in [0.2, 0.25) is 0 Å². The lowest BCUT2D eigenvalue weighted by Gasteiger charge is -1.99. The predicted octanol–water partition coefficient (Wildman–Crippen LogP) is 2.66. The van der Waals surface area contributed by atoms with Crippen molar-refractivity contribution in [2.45, 2.75) is 13.8 Å². The third-order valence-corrected chi connectivity index (χ3v) is 3.90. The number of thiophene rings is 1. The Morgan fingerprint density at radius 1 is 1.29 bits per heavy atom. The fourth-order valence-electron chi connectivity index (χ4n) is 1.77. The molecule has 0 fully saturated rings. The number of aromatic nitrogens is 3. The van der Waals surface area contributed by atoms with Gasteiger partial charge in [-0.15, -0.1) is 21.5 Å². The molecule has 0 aromatic carbocycles. The van der Waals surface area contributed by atoms with Gasteiger partial charge in [0.05, 0.1) is 10.6 Å². The summed E-state index contributed by atoms with van der Waals surface area (Å²) in [5.41, 5.74) is 9.96. The van der Waals surface area contributed by atoms with E-state index in [2.05, 4.69) is 10.2 Å². The maximum absolute atomic E-state index is 6.04. The van der Waals surface area contributed by atoms with Crippen LogP contribution in [0.2, 0.25) is 0 Å². The Labute approximate surface area is 103 Å². The molecule has 0 spiro atoms. The molecule has 0 radical (unpaired) electrons. The van der Waals surface area contributed by atoms with E-state index in [0.29, 0.717) is 0 Å². The first kappa shape index (κ1) is 10.3. The van der Waals surface area contributed by atoms with E-state index < -0.39 is 0 Å². The number of pyridine rings is 1. The van der Waals surface area contributed by atoms with Crippen LogP contribution in [0.25, 0.3) is 16.3 Å². The van der Waals surface area contributed by atoms with E-state index in [1.54, 1.807) is 11.3 Å². The first-order valence-corrected chi connectivity index (χ1v) is 6.20. The Kier molecular flexibility index (Phi) is 2.16. The minimum atomic E-state index is 0.796. The summed E-state index contributed by atoms with van der Waals surface area (Å²) in [7, 11) is 0. The van der Waals surface area contributed by atoms with Gasteiger partial charge < -0.3 is 5.73 Å². The Morgan fingerprint density at radius 3 is 2.82 bits per heavy atom. The molecule has 0 aliphatic carbocycles. The molecule has 3 heterocycles. The van der Waals surface area contributed by atoms with Crippen LogP contribution in [-0.2, 0) is 0 Å². The summed E-state index contributed by atoms with van der Waals surface area (Å²) >= 11 is 1.60. The molecular formula is C12H12N4S. The summed E-state index contributed by atoms with van der Waals surface area (Å²) in [5, 5.41) is 10.4. The molecule has 0 atom stereocenters. The van der Waals surface area contributed by atoms with Gasteiger partial charge in [-0.25, -0.2) is 0 Å². The third-order valence-electron chi connectivity index (χ3n) is 2.79. The summed E-state index contributed by atoms with van der Waals surface area (Å²) in [5.74, 6) is 0.815. The number of aryl methyl sites for hydroxylation is 2. The van der Waals surface area contributed by atoms with Crippen molar-refractivity contribution < 1.29 is 0 Å². The highest BCUT2D eigenvalue weighted by Crippen LogP contribution is 2.33. The minimum Gasteiger partial charge on any atom is -0.397 e. The number of nitrogen functional groups attached to an aromatic ring is 1. The molecule has 0 aliphatic heterocycles. The fraction of sp³-hybridized carbons (Fsp3) is 0.167. The van der Waals surface area contributed by atoms with Crippen LogP contribution in [0.15, 0.2) is 23.7 Å². The van der Waals surface area contributed by atoms with Crippen LogP contribution in [0.5, 0.6) is 0 Å². The number of hydrogen-bond acceptors (Lipinski definition) is 4. The summed E-state index contributed by atoms with van der Waals surface area (Å²) in [6.45, 7) is 4.04. The lowest BCUT2D eigenvalue weighted by Crippen LogP contribution is -1.92. The second-order valence-electron chi connectivity index (χ2n) is 4.12. The number of fused-ring (bicyclic) bond motifs is 1. The summed E-state index contributed by atoms with van der Waals surface area (Å²) < 4.78 is 1.97. The lowest BCUT2D eigenvalue weighted by molar-refractivity contribution is 1.12. The molecule has 3 aromatic heterocycles. The molecule has 0 saturated heterocycles. The van der Waals surface area contributed by atoms with E-state index in [-0.39, 0.29) is 0 Å². The molecule has 4 nitrogen and oxygen atoms in total. The Balaban J connectivity index is 2.28. The smallest absolute Gasteiger partial charge is 0.180 e. The number of rotatable bonds is 1. The van der Waals surface area contributed by atoms with Gasteiger partial charge >= 0.3 is 0 Å². The van der Waals surface area contributed by atoms with E-state index in [9.17, 15) is 0 Å². The molecular weight excluding hydrogens is 232 g/mol. The fourth-order valence-corrected chi connectivity index (χ4v) is 2.73. The highest BCUT2D eigenvalue weighted by Gasteiger charge is 2.14. The van der Waals surface area contributed by atoms with Crippen LogP contribution in [0.1, 0.15) is 11.1 Å². The van der Waals surface area contributed by atoms with Crippen molar-refractivity contribution in [3.05, 3.63) is 34.8 Å². The predicted molar refractivity (Wildman–Crippen MR) is 70.2 cm³/mol. The van der Waals surface area contributed by atoms with Gasteiger partial charge in [0, 0.05) is 6.20 Å². The lowest BCUT2D eigenvalue weighted by atomic mass is 10.2. The molecule has 0 bridgehead atoms. The van der Waals surface area contributed by atoms with E-state index in [0.717, 1.165) is 27.6 Å². The monoisotopic (exact) mass is 244 g/mol. The average molecular weight is 244 g/mol. The van der Waals surface area contributed by atoms with Crippen molar-refractivity contribution in [2.75, 3.05) is 5.73 Å². The molecule has 0 aliphatic rings. The summed E-state index contributed by atoms with van der Waals surface area (Å²) in [6.07, 6.45) is 1.98. The molecule has 0 amide bonds. The average Bonchev–Trinajstić information content (AvgIpc) is 2.84. The van der Waals surface area contributed by atoms with Crippen molar-refractivity contribution in [3.63, 3.8) is 0 Å². The first-order chi connectivity index (χ1) is 8.16. The second kappa shape index (κ2) is 3.56. The maximum atomic E-state index is 6.04. The van der Waals surface area contributed by atoms with Crippen molar-refractivity contribution >= 4 is 22.7 Å². The molecule has 17 heavy (non-hydrogen) atoms. The molecule has 86 valence electrons. The van der Waals surface area contributed by atoms with Gasteiger partial charge in [-0.1, -0.05) is 0 Å². The standard InChI is InChI=1S/C12H12N4S/c1-7-3-4-16-9(5-7)14-15-12(16)11-10(13)8(2)6-17-11/h3-6H,13H2,1-2H3. The Hall–Kier alpha value is -1.88. The molecule has 2 N–H and O–H groups in total. The van der Waals surface area contributed by atoms with Crippen LogP contribution >= 0.6 is 11.3 Å². The van der Waals surface area contributed by atoms with Crippen molar-refractivity contribution in [1.29, 1.82) is 0 Å². The maximum Gasteiger partial charge on any atom is 0.180 e. The van der Waals surface area contributed by atoms with Gasteiger partial charge in [-0.2, -0.15) is 0 Å². The topological polar surface area (TPSA) is 56.2 Å². The normalized spacial score (nSPS) is 11.2. The zero-order valence-corrected chi connectivity index (χ0v) is 10.5. The van der Waals surface area contributed by atoms with Crippen LogP contribution in [0, 0.1) is 13.8 Å². The van der Waals surface area contributed by atoms with E-state index in [1.165, 1.54) is 5.56 Å².